The smallest absolute Gasteiger partial charge is 0.333 e. The highest BCUT2D eigenvalue weighted by atomic mass is 16.6. The molecule has 0 aromatic heterocycles. The number of carboxylic acids is 1. The summed E-state index contributed by atoms with van der Waals surface area (Å²) in [6.07, 6.45) is 26.9. The van der Waals surface area contributed by atoms with Gasteiger partial charge in [-0.2, -0.15) is 0 Å². The molecule has 36 atom stereocenters. The van der Waals surface area contributed by atoms with Crippen LogP contribution in [0.5, 0.6) is 0 Å². The number of aliphatic hydroxyl groups excluding tert-OH is 1. The number of amides is 4. The molecular formula is C85H122N6O15. The molecule has 0 saturated heterocycles. The van der Waals surface area contributed by atoms with Crippen molar-refractivity contribution in [3.8, 4) is 0 Å². The molecule has 6 N–H and O–H groups in total. The van der Waals surface area contributed by atoms with Crippen molar-refractivity contribution in [2.75, 3.05) is 20.7 Å². The van der Waals surface area contributed by atoms with Gasteiger partial charge in [-0.05, 0) is 311 Å². The number of esters is 2. The zero-order chi connectivity index (χ0) is 76.1. The van der Waals surface area contributed by atoms with E-state index in [1.165, 1.54) is 56.8 Å². The van der Waals surface area contributed by atoms with Gasteiger partial charge in [0.15, 0.2) is 0 Å². The average Bonchev–Trinajstić information content (AvgIpc) is 1.55. The quantitative estimate of drug-likeness (QED) is 0.0297. The Balaban J connectivity index is 0.000000113. The Bertz CT molecular complexity index is 3500. The number of nitrogens with one attached hydrogen (secondary N) is 2. The minimum absolute atomic E-state index is 0.00359. The number of carbonyl (C=O) groups is 8. The predicted molar refractivity (Wildman–Crippen MR) is 398 cm³/mol. The lowest BCUT2D eigenvalue weighted by Gasteiger charge is -2.40. The number of hydrogen-bond acceptors (Lipinski definition) is 15. The summed E-state index contributed by atoms with van der Waals surface area (Å²) in [6.45, 7) is 31.2. The third-order valence-electron chi connectivity index (χ3n) is 31.8. The van der Waals surface area contributed by atoms with Crippen LogP contribution in [0.1, 0.15) is 169 Å². The van der Waals surface area contributed by atoms with Crippen molar-refractivity contribution < 1.29 is 67.7 Å². The van der Waals surface area contributed by atoms with Gasteiger partial charge in [-0.25, -0.2) is 9.59 Å². The van der Waals surface area contributed by atoms with Crippen LogP contribution in [-0.4, -0.2) is 154 Å². The number of ether oxygens (including phenoxy) is 3. The minimum Gasteiger partial charge on any atom is -0.481 e. The molecule has 106 heavy (non-hydrogen) atoms. The molecule has 18 rings (SSSR count). The molecule has 18 saturated carbocycles. The van der Waals surface area contributed by atoms with Crippen molar-refractivity contribution in [1.82, 2.24) is 20.4 Å². The van der Waals surface area contributed by atoms with Gasteiger partial charge in [-0.3, -0.25) is 38.9 Å². The molecular weight excluding hydrogens is 1340 g/mol. The second-order valence-electron chi connectivity index (χ2n) is 36.8. The Morgan fingerprint density at radius 3 is 1.52 bits per heavy atom. The number of nitro groups is 1. The van der Waals surface area contributed by atoms with E-state index in [-0.39, 0.29) is 94.6 Å². The number of hydrogen-bond donors (Lipinski definition) is 5. The summed E-state index contributed by atoms with van der Waals surface area (Å²) in [4.78, 5) is 107. The van der Waals surface area contributed by atoms with Crippen LogP contribution in [0.2, 0.25) is 0 Å². The number of fused-ring (bicyclic) bond motifs is 33. The van der Waals surface area contributed by atoms with Crippen molar-refractivity contribution in [2.45, 2.75) is 230 Å². The zero-order valence-corrected chi connectivity index (χ0v) is 63.9. The predicted octanol–water partition coefficient (Wildman–Crippen LogP) is 10.5. The standard InChI is InChI=1S/C16H21NO4.C16H22O3.C15H21NO2.C15H23NO2.C12H17NO3.C11H18N2O/c1-7(2)16(18)21-13-6-9-4-11(13)15-8-3-10(14(9)15)12(5-8)17(19)20;1-3-14(17)19-13-7-9-5-11(13)16-8-4-10(15(9)16)12(6-8)18-2;1-2-13(18)16-11-5-7-3-9(11)14-8-4-10(15(7)14)12(17)6-8;1-5-16(15(18)9(2)3)14-8-11-6-12(14)7-13(11)10(4)17;1-3-11(14)13(2)10-6-7-4-8(10)5-9(7)12(15)16;1-6(2)11(14)13-10-5-7-3-8(10)4-9(7)12/h8-15H,1,3-6H2,2H3;3,8-13,15-16H,1,4-7H2,2H3;2,7-12,14-15,17H,1,3-6H2,(H,16,18);11-14H,2,5-8H2,1,3-4H3;3,7-10H,1,4-6H2,2H3,(H,15,16);7-10H,1,3-5,12H2,2H3,(H,13,14). The number of methoxy groups -OCH3 is 1. The third-order valence-corrected chi connectivity index (χ3v) is 31.8. The number of likely N-dealkylation sites (N-methyl/N-ethyl adjacent to an activating group) is 2. The summed E-state index contributed by atoms with van der Waals surface area (Å²) >= 11 is 0. The summed E-state index contributed by atoms with van der Waals surface area (Å²) in [6, 6.07) is 1.33. The molecule has 0 heterocycles. The van der Waals surface area contributed by atoms with Crippen LogP contribution in [-0.2, 0) is 52.6 Å². The molecule has 0 radical (unpaired) electrons. The first-order valence-electron chi connectivity index (χ1n) is 40.7. The Morgan fingerprint density at radius 1 is 0.519 bits per heavy atom. The molecule has 4 amide bonds. The molecule has 36 unspecified atom stereocenters. The van der Waals surface area contributed by atoms with Crippen molar-refractivity contribution in [3.05, 3.63) is 84.5 Å². The topological polar surface area (TPSA) is 304 Å². The first-order chi connectivity index (χ1) is 50.4. The second kappa shape index (κ2) is 31.2. The normalized spacial score (nSPS) is 45.1. The van der Waals surface area contributed by atoms with E-state index in [1.807, 2.05) is 18.9 Å². The molecule has 0 spiro atoms. The van der Waals surface area contributed by atoms with Crippen LogP contribution in [0.4, 0.5) is 0 Å². The van der Waals surface area contributed by atoms with E-state index in [4.69, 9.17) is 25.1 Å². The molecule has 0 aliphatic heterocycles. The van der Waals surface area contributed by atoms with Crippen LogP contribution in [0.3, 0.4) is 0 Å². The fraction of sp³-hybridized carbons (Fsp3) is 0.765. The number of Topliss-reactive ketones (excluding diaryl/α,β-unsaturated/α-hetero) is 1. The average molecular weight is 1470 g/mol. The van der Waals surface area contributed by atoms with Gasteiger partial charge in [-0.15, -0.1) is 0 Å². The van der Waals surface area contributed by atoms with Gasteiger partial charge in [0, 0.05) is 96.9 Å². The van der Waals surface area contributed by atoms with Gasteiger partial charge in [-0.1, -0.05) is 39.5 Å². The third kappa shape index (κ3) is 14.4. The SMILES string of the molecule is C=C(C)C(=O)N(CC)C1CC2CC1CC2C(C)=O.C=C(C)C(=O)NC1CC2CC1CC2N.C=C(C)C(=O)OC1CC2CC1C1C3CC(C21)C([N+](=O)[O-])C3.C=CC(=O)N(C)C1CC2CC1CC2C(=O)O.C=CC(=O)NC1CC2CC1C1C3CC(O)C(C3)C21.C=CC(=O)OC1CC2CC1C1C3CC(OC)C(C3)C21. The molecule has 18 fully saturated rings. The number of rotatable bonds is 17. The van der Waals surface area contributed by atoms with E-state index in [0.717, 1.165) is 156 Å². The van der Waals surface area contributed by atoms with E-state index in [2.05, 4.69) is 50.1 Å². The van der Waals surface area contributed by atoms with Crippen molar-refractivity contribution >= 4 is 47.3 Å². The fourth-order valence-corrected chi connectivity index (χ4v) is 28.2. The highest BCUT2D eigenvalue weighted by molar-refractivity contribution is 5.93. The first kappa shape index (κ1) is 77.8. The summed E-state index contributed by atoms with van der Waals surface area (Å²) in [5.74, 6) is 13.8. The summed E-state index contributed by atoms with van der Waals surface area (Å²) < 4.78 is 16.9. The molecule has 18 bridgehead atoms. The number of nitrogens with two attached hydrogens (primary N) is 1. The highest BCUT2D eigenvalue weighted by Gasteiger charge is 2.70. The number of carboxylic acid groups (broad SMARTS) is 1. The number of aliphatic hydroxyl groups is 1. The maximum Gasteiger partial charge on any atom is 0.333 e. The maximum atomic E-state index is 12.1. The number of ketones is 1. The summed E-state index contributed by atoms with van der Waals surface area (Å²) in [5, 5.41) is 36.4. The summed E-state index contributed by atoms with van der Waals surface area (Å²) in [5.41, 5.74) is 7.60. The summed E-state index contributed by atoms with van der Waals surface area (Å²) in [7, 11) is 3.65. The van der Waals surface area contributed by atoms with Gasteiger partial charge < -0.3 is 50.6 Å². The van der Waals surface area contributed by atoms with E-state index in [1.54, 1.807) is 39.6 Å². The van der Waals surface area contributed by atoms with Crippen LogP contribution in [0.25, 0.3) is 0 Å². The van der Waals surface area contributed by atoms with E-state index in [9.17, 15) is 53.6 Å². The lowest BCUT2D eigenvalue weighted by atomic mass is 9.68. The fourth-order valence-electron chi connectivity index (χ4n) is 28.2. The Hall–Kier alpha value is -6.32. The number of nitrogens with zero attached hydrogens (tertiary/aromatic N) is 3. The molecule has 21 nitrogen and oxygen atoms in total. The van der Waals surface area contributed by atoms with Crippen LogP contribution >= 0.6 is 0 Å². The molecule has 582 valence electrons. The number of carbonyl (C=O) groups excluding carboxylic acids is 7. The maximum absolute atomic E-state index is 12.1. The van der Waals surface area contributed by atoms with E-state index >= 15 is 0 Å². The lowest BCUT2D eigenvalue weighted by Crippen LogP contribution is -2.46. The molecule has 18 aliphatic carbocycles. The van der Waals surface area contributed by atoms with Crippen LogP contribution in [0, 0.1) is 164 Å². The van der Waals surface area contributed by atoms with Gasteiger partial charge >= 0.3 is 17.9 Å². The largest absolute Gasteiger partial charge is 0.481 e. The Kier molecular flexibility index (Phi) is 22.9. The van der Waals surface area contributed by atoms with Crippen molar-refractivity contribution in [3.63, 3.8) is 0 Å². The lowest BCUT2D eigenvalue weighted by molar-refractivity contribution is -0.534. The zero-order valence-electron chi connectivity index (χ0n) is 63.9. The molecule has 21 heteroatoms. The number of aliphatic carboxylic acids is 1. The van der Waals surface area contributed by atoms with Crippen molar-refractivity contribution in [2.24, 2.45) is 160 Å². The van der Waals surface area contributed by atoms with E-state index in [0.29, 0.717) is 130 Å². The Morgan fingerprint density at radius 2 is 1.02 bits per heavy atom. The van der Waals surface area contributed by atoms with E-state index < -0.39 is 5.97 Å². The first-order valence-corrected chi connectivity index (χ1v) is 40.7. The monoisotopic (exact) mass is 1470 g/mol. The Labute approximate surface area is 627 Å². The molecule has 0 aromatic rings. The second-order valence-corrected chi connectivity index (χ2v) is 36.8. The molecule has 0 aromatic carbocycles. The van der Waals surface area contributed by atoms with Gasteiger partial charge in [0.2, 0.25) is 29.7 Å². The van der Waals surface area contributed by atoms with Gasteiger partial charge in [0.05, 0.1) is 18.1 Å². The van der Waals surface area contributed by atoms with Crippen LogP contribution < -0.4 is 16.4 Å². The minimum atomic E-state index is -0.677. The highest BCUT2D eigenvalue weighted by Crippen LogP contribution is 2.71. The van der Waals surface area contributed by atoms with Crippen LogP contribution in [0.15, 0.2) is 74.4 Å². The van der Waals surface area contributed by atoms with Gasteiger partial charge in [0.1, 0.15) is 18.0 Å². The molecule has 18 aliphatic rings. The van der Waals surface area contributed by atoms with Crippen molar-refractivity contribution in [1.29, 1.82) is 0 Å². The van der Waals surface area contributed by atoms with Gasteiger partial charge in [0.25, 0.3) is 0 Å².